The van der Waals surface area contributed by atoms with Gasteiger partial charge in [0, 0.05) is 18.5 Å². The molecule has 0 radical (unpaired) electrons. The summed E-state index contributed by atoms with van der Waals surface area (Å²) in [6.45, 7) is 2.74. The number of ether oxygens (including phenoxy) is 2. The van der Waals surface area contributed by atoms with E-state index >= 15 is 0 Å². The van der Waals surface area contributed by atoms with Crippen molar-refractivity contribution in [1.82, 2.24) is 5.32 Å². The van der Waals surface area contributed by atoms with E-state index in [0.717, 1.165) is 37.6 Å². The molecule has 1 aliphatic rings. The molecule has 1 aliphatic heterocycles. The van der Waals surface area contributed by atoms with Gasteiger partial charge in [-0.2, -0.15) is 0 Å². The normalized spacial score (nSPS) is 23.7. The first-order chi connectivity index (χ1) is 8.80. The first-order valence-electron chi connectivity index (χ1n) is 6.42. The molecule has 1 aromatic rings. The quantitative estimate of drug-likeness (QED) is 0.847. The molecule has 0 saturated carbocycles. The van der Waals surface area contributed by atoms with Gasteiger partial charge >= 0.3 is 0 Å². The summed E-state index contributed by atoms with van der Waals surface area (Å²) in [6, 6.07) is 6.02. The molecule has 0 spiro atoms. The van der Waals surface area contributed by atoms with Crippen molar-refractivity contribution in [3.63, 3.8) is 0 Å². The van der Waals surface area contributed by atoms with Gasteiger partial charge in [0.2, 0.25) is 0 Å². The van der Waals surface area contributed by atoms with Crippen LogP contribution in [0.5, 0.6) is 11.5 Å². The molecule has 4 nitrogen and oxygen atoms in total. The summed E-state index contributed by atoms with van der Waals surface area (Å²) in [4.78, 5) is 0. The van der Waals surface area contributed by atoms with E-state index in [0.29, 0.717) is 11.8 Å². The lowest BCUT2D eigenvalue weighted by Gasteiger charge is -2.32. The fourth-order valence-electron chi connectivity index (χ4n) is 2.68. The molecule has 4 heteroatoms. The number of nitrogens with one attached hydrogen (secondary N) is 1. The van der Waals surface area contributed by atoms with Crippen LogP contribution in [-0.2, 0) is 0 Å². The van der Waals surface area contributed by atoms with Gasteiger partial charge in [0.05, 0.1) is 14.2 Å². The minimum Gasteiger partial charge on any atom is -0.497 e. The van der Waals surface area contributed by atoms with E-state index in [4.69, 9.17) is 15.2 Å². The van der Waals surface area contributed by atoms with Crippen molar-refractivity contribution < 1.29 is 9.47 Å². The van der Waals surface area contributed by atoms with Crippen molar-refractivity contribution in [3.05, 3.63) is 23.8 Å². The van der Waals surface area contributed by atoms with Gasteiger partial charge in [0.25, 0.3) is 0 Å². The highest BCUT2D eigenvalue weighted by atomic mass is 16.5. The van der Waals surface area contributed by atoms with E-state index < -0.39 is 0 Å². The largest absolute Gasteiger partial charge is 0.497 e. The second kappa shape index (κ2) is 6.07. The van der Waals surface area contributed by atoms with Crippen LogP contribution in [0.15, 0.2) is 18.2 Å². The molecule has 1 fully saturated rings. The van der Waals surface area contributed by atoms with Crippen molar-refractivity contribution >= 4 is 0 Å². The third kappa shape index (κ3) is 2.60. The zero-order valence-electron chi connectivity index (χ0n) is 11.1. The average molecular weight is 250 g/mol. The molecule has 2 rings (SSSR count). The number of nitrogens with two attached hydrogens (primary N) is 1. The molecule has 1 aromatic carbocycles. The molecule has 18 heavy (non-hydrogen) atoms. The second-order valence-electron chi connectivity index (χ2n) is 4.70. The maximum absolute atomic E-state index is 5.89. The van der Waals surface area contributed by atoms with Crippen LogP contribution in [0.2, 0.25) is 0 Å². The standard InChI is InChI=1S/C14H22N2O2/c1-17-11-3-4-12(14(7-11)18-2)13-9-16-6-5-10(13)8-15/h3-4,7,10,13,16H,5-6,8-9,15H2,1-2H3. The second-order valence-corrected chi connectivity index (χ2v) is 4.70. The minimum atomic E-state index is 0.421. The smallest absolute Gasteiger partial charge is 0.126 e. The molecular formula is C14H22N2O2. The fraction of sp³-hybridized carbons (Fsp3) is 0.571. The summed E-state index contributed by atoms with van der Waals surface area (Å²) < 4.78 is 10.7. The highest BCUT2D eigenvalue weighted by Gasteiger charge is 2.27. The predicted molar refractivity (Wildman–Crippen MR) is 72.3 cm³/mol. The van der Waals surface area contributed by atoms with Crippen LogP contribution in [-0.4, -0.2) is 33.9 Å². The third-order valence-electron chi connectivity index (χ3n) is 3.77. The molecular weight excluding hydrogens is 228 g/mol. The molecule has 100 valence electrons. The number of methoxy groups -OCH3 is 2. The molecule has 1 saturated heterocycles. The Hall–Kier alpha value is -1.26. The molecule has 1 heterocycles. The van der Waals surface area contributed by atoms with Crippen molar-refractivity contribution in [2.24, 2.45) is 11.7 Å². The fourth-order valence-corrected chi connectivity index (χ4v) is 2.68. The predicted octanol–water partition coefficient (Wildman–Crippen LogP) is 1.36. The van der Waals surface area contributed by atoms with Crippen LogP contribution >= 0.6 is 0 Å². The third-order valence-corrected chi connectivity index (χ3v) is 3.77. The Labute approximate surface area is 108 Å². The Balaban J connectivity index is 2.30. The number of hydrogen-bond donors (Lipinski definition) is 2. The Morgan fingerprint density at radius 3 is 2.83 bits per heavy atom. The van der Waals surface area contributed by atoms with Crippen LogP contribution in [0.4, 0.5) is 0 Å². The topological polar surface area (TPSA) is 56.5 Å². The van der Waals surface area contributed by atoms with E-state index in [-0.39, 0.29) is 0 Å². The summed E-state index contributed by atoms with van der Waals surface area (Å²) in [5, 5.41) is 3.44. The van der Waals surface area contributed by atoms with E-state index in [1.54, 1.807) is 14.2 Å². The van der Waals surface area contributed by atoms with Gasteiger partial charge in [-0.3, -0.25) is 0 Å². The minimum absolute atomic E-state index is 0.421. The first kappa shape index (κ1) is 13.2. The average Bonchev–Trinajstić information content (AvgIpc) is 2.46. The summed E-state index contributed by atoms with van der Waals surface area (Å²) in [7, 11) is 3.37. The lowest BCUT2D eigenvalue weighted by Crippen LogP contribution is -2.38. The summed E-state index contributed by atoms with van der Waals surface area (Å²) in [5.41, 5.74) is 7.11. The van der Waals surface area contributed by atoms with Crippen molar-refractivity contribution in [3.8, 4) is 11.5 Å². The van der Waals surface area contributed by atoms with Crippen molar-refractivity contribution in [2.45, 2.75) is 12.3 Å². The van der Waals surface area contributed by atoms with E-state index in [1.165, 1.54) is 5.56 Å². The number of piperidine rings is 1. The molecule has 0 aliphatic carbocycles. The monoisotopic (exact) mass is 250 g/mol. The summed E-state index contributed by atoms with van der Waals surface area (Å²) in [5.74, 6) is 2.66. The Morgan fingerprint density at radius 2 is 2.17 bits per heavy atom. The Bertz CT molecular complexity index is 395. The SMILES string of the molecule is COc1ccc(C2CNCCC2CN)c(OC)c1. The highest BCUT2D eigenvalue weighted by Crippen LogP contribution is 2.36. The maximum atomic E-state index is 5.89. The van der Waals surface area contributed by atoms with E-state index in [1.807, 2.05) is 12.1 Å². The van der Waals surface area contributed by atoms with Gasteiger partial charge in [-0.15, -0.1) is 0 Å². The lowest BCUT2D eigenvalue weighted by atomic mass is 9.81. The van der Waals surface area contributed by atoms with Crippen molar-refractivity contribution in [1.29, 1.82) is 0 Å². The van der Waals surface area contributed by atoms with E-state index in [9.17, 15) is 0 Å². The van der Waals surface area contributed by atoms with Gasteiger partial charge in [0.15, 0.2) is 0 Å². The number of rotatable bonds is 4. The van der Waals surface area contributed by atoms with Crippen molar-refractivity contribution in [2.75, 3.05) is 33.9 Å². The molecule has 2 atom stereocenters. The molecule has 3 N–H and O–H groups in total. The van der Waals surface area contributed by atoms with Crippen LogP contribution in [0.1, 0.15) is 17.9 Å². The molecule has 0 aromatic heterocycles. The zero-order valence-corrected chi connectivity index (χ0v) is 11.1. The number of hydrogen-bond acceptors (Lipinski definition) is 4. The summed E-state index contributed by atoms with van der Waals surface area (Å²) >= 11 is 0. The lowest BCUT2D eigenvalue weighted by molar-refractivity contribution is 0.318. The number of benzene rings is 1. The van der Waals surface area contributed by atoms with Crippen LogP contribution in [0.25, 0.3) is 0 Å². The van der Waals surface area contributed by atoms with Gasteiger partial charge in [-0.1, -0.05) is 6.07 Å². The molecule has 0 bridgehead atoms. The molecule has 2 unspecified atom stereocenters. The van der Waals surface area contributed by atoms with Crippen LogP contribution in [0, 0.1) is 5.92 Å². The maximum Gasteiger partial charge on any atom is 0.126 e. The van der Waals surface area contributed by atoms with Gasteiger partial charge in [-0.25, -0.2) is 0 Å². The first-order valence-corrected chi connectivity index (χ1v) is 6.42. The van der Waals surface area contributed by atoms with E-state index in [2.05, 4.69) is 11.4 Å². The Morgan fingerprint density at radius 1 is 1.33 bits per heavy atom. The van der Waals surface area contributed by atoms with Crippen LogP contribution in [0.3, 0.4) is 0 Å². The van der Waals surface area contributed by atoms with Crippen LogP contribution < -0.4 is 20.5 Å². The molecule has 0 amide bonds. The van der Waals surface area contributed by atoms with Gasteiger partial charge < -0.3 is 20.5 Å². The van der Waals surface area contributed by atoms with Gasteiger partial charge in [0.1, 0.15) is 11.5 Å². The Kier molecular flexibility index (Phi) is 4.44. The van der Waals surface area contributed by atoms with Gasteiger partial charge in [-0.05, 0) is 37.1 Å². The summed E-state index contributed by atoms with van der Waals surface area (Å²) in [6.07, 6.45) is 1.12. The zero-order chi connectivity index (χ0) is 13.0. The highest BCUT2D eigenvalue weighted by molar-refractivity contribution is 5.43.